The van der Waals surface area contributed by atoms with Crippen molar-refractivity contribution in [1.82, 2.24) is 19.9 Å². The van der Waals surface area contributed by atoms with Gasteiger partial charge in [0, 0.05) is 29.5 Å². The standard InChI is InChI=1S/C22H23N5O2S/c1-15-6-8-18(9-7-15)27(22(29)19-14-30-26-25-19)20(16-10-12-23-13-11-16)21(28)24-17-4-2-3-5-17/h6-14,17,20H,2-5H2,1H3,(H,24,28). The molecule has 30 heavy (non-hydrogen) atoms. The van der Waals surface area contributed by atoms with E-state index >= 15 is 0 Å². The number of carbonyl (C=O) groups excluding carboxylic acids is 2. The Balaban J connectivity index is 1.78. The summed E-state index contributed by atoms with van der Waals surface area (Å²) in [5.41, 5.74) is 2.60. The van der Waals surface area contributed by atoms with Crippen LogP contribution in [-0.4, -0.2) is 32.4 Å². The number of amides is 2. The van der Waals surface area contributed by atoms with Gasteiger partial charge in [0.1, 0.15) is 6.04 Å². The summed E-state index contributed by atoms with van der Waals surface area (Å²) < 4.78 is 3.83. The number of nitrogens with zero attached hydrogens (tertiary/aromatic N) is 4. The second-order valence-electron chi connectivity index (χ2n) is 7.47. The number of aryl methyl sites for hydroxylation is 1. The summed E-state index contributed by atoms with van der Waals surface area (Å²) in [6, 6.07) is 10.4. The molecule has 2 heterocycles. The zero-order valence-corrected chi connectivity index (χ0v) is 17.5. The number of pyridine rings is 1. The van der Waals surface area contributed by atoms with Crippen molar-refractivity contribution < 1.29 is 9.59 Å². The quantitative estimate of drug-likeness (QED) is 0.656. The van der Waals surface area contributed by atoms with Gasteiger partial charge in [-0.3, -0.25) is 19.5 Å². The van der Waals surface area contributed by atoms with Gasteiger partial charge in [0.05, 0.1) is 0 Å². The molecule has 0 spiro atoms. The molecule has 1 atom stereocenters. The van der Waals surface area contributed by atoms with Crippen LogP contribution in [0.25, 0.3) is 0 Å². The van der Waals surface area contributed by atoms with E-state index in [9.17, 15) is 9.59 Å². The molecule has 1 aliphatic carbocycles. The van der Waals surface area contributed by atoms with Gasteiger partial charge in [0.15, 0.2) is 5.69 Å². The molecule has 1 unspecified atom stereocenters. The number of nitrogens with one attached hydrogen (secondary N) is 1. The summed E-state index contributed by atoms with van der Waals surface area (Å²) in [6.07, 6.45) is 7.40. The maximum Gasteiger partial charge on any atom is 0.280 e. The molecule has 8 heteroatoms. The molecule has 1 aliphatic rings. The van der Waals surface area contributed by atoms with E-state index in [4.69, 9.17) is 0 Å². The Morgan fingerprint density at radius 1 is 1.10 bits per heavy atom. The molecule has 0 bridgehead atoms. The van der Waals surface area contributed by atoms with Crippen LogP contribution in [0.4, 0.5) is 5.69 Å². The molecule has 3 aromatic rings. The summed E-state index contributed by atoms with van der Waals surface area (Å²) in [6.45, 7) is 1.98. The molecule has 1 fully saturated rings. The highest BCUT2D eigenvalue weighted by molar-refractivity contribution is 7.03. The molecular weight excluding hydrogens is 398 g/mol. The first kappa shape index (κ1) is 20.2. The molecule has 0 radical (unpaired) electrons. The van der Waals surface area contributed by atoms with Gasteiger partial charge in [0.2, 0.25) is 5.91 Å². The highest BCUT2D eigenvalue weighted by Crippen LogP contribution is 2.30. The van der Waals surface area contributed by atoms with E-state index < -0.39 is 6.04 Å². The van der Waals surface area contributed by atoms with Crippen molar-refractivity contribution in [3.05, 3.63) is 71.0 Å². The minimum absolute atomic E-state index is 0.137. The molecule has 154 valence electrons. The molecule has 0 saturated heterocycles. The largest absolute Gasteiger partial charge is 0.351 e. The van der Waals surface area contributed by atoms with Crippen molar-refractivity contribution in [2.75, 3.05) is 4.90 Å². The van der Waals surface area contributed by atoms with E-state index in [-0.39, 0.29) is 23.6 Å². The van der Waals surface area contributed by atoms with Crippen molar-refractivity contribution in [3.63, 3.8) is 0 Å². The highest BCUT2D eigenvalue weighted by Gasteiger charge is 2.35. The van der Waals surface area contributed by atoms with Crippen LogP contribution in [0.15, 0.2) is 54.2 Å². The minimum atomic E-state index is -0.842. The van der Waals surface area contributed by atoms with E-state index in [1.54, 1.807) is 29.9 Å². The third-order valence-corrected chi connectivity index (χ3v) is 5.84. The number of anilines is 1. The first-order valence-electron chi connectivity index (χ1n) is 10.0. The van der Waals surface area contributed by atoms with E-state index in [0.717, 1.165) is 42.8 Å². The Bertz CT molecular complexity index is 986. The SMILES string of the molecule is Cc1ccc(N(C(=O)c2csnn2)C(C(=O)NC2CCCC2)c2ccncc2)cc1. The van der Waals surface area contributed by atoms with Crippen LogP contribution in [0.3, 0.4) is 0 Å². The Morgan fingerprint density at radius 2 is 1.80 bits per heavy atom. The summed E-state index contributed by atoms with van der Waals surface area (Å²) in [4.78, 5) is 32.6. The Hall–Kier alpha value is -3.13. The summed E-state index contributed by atoms with van der Waals surface area (Å²) in [5.74, 6) is -0.568. The Morgan fingerprint density at radius 3 is 2.43 bits per heavy atom. The van der Waals surface area contributed by atoms with Crippen LogP contribution in [0.5, 0.6) is 0 Å². The van der Waals surface area contributed by atoms with Gasteiger partial charge >= 0.3 is 0 Å². The molecule has 0 aliphatic heterocycles. The van der Waals surface area contributed by atoms with Crippen molar-refractivity contribution in [2.24, 2.45) is 0 Å². The summed E-state index contributed by atoms with van der Waals surface area (Å²) in [5, 5.41) is 8.70. The van der Waals surface area contributed by atoms with Crippen LogP contribution in [0, 0.1) is 6.92 Å². The highest BCUT2D eigenvalue weighted by atomic mass is 32.1. The first-order valence-corrected chi connectivity index (χ1v) is 10.8. The lowest BCUT2D eigenvalue weighted by Gasteiger charge is -2.31. The lowest BCUT2D eigenvalue weighted by Crippen LogP contribution is -2.46. The van der Waals surface area contributed by atoms with Gasteiger partial charge in [-0.05, 0) is 61.1 Å². The van der Waals surface area contributed by atoms with Gasteiger partial charge in [-0.15, -0.1) is 5.10 Å². The van der Waals surface area contributed by atoms with Gasteiger partial charge in [-0.25, -0.2) is 0 Å². The summed E-state index contributed by atoms with van der Waals surface area (Å²) >= 11 is 1.11. The van der Waals surface area contributed by atoms with E-state index in [1.807, 2.05) is 31.2 Å². The maximum atomic E-state index is 13.5. The molecule has 1 N–H and O–H groups in total. The van der Waals surface area contributed by atoms with Crippen molar-refractivity contribution in [3.8, 4) is 0 Å². The number of hydrogen-bond donors (Lipinski definition) is 1. The topological polar surface area (TPSA) is 88.1 Å². The van der Waals surface area contributed by atoms with Crippen molar-refractivity contribution in [2.45, 2.75) is 44.7 Å². The van der Waals surface area contributed by atoms with Gasteiger partial charge in [-0.2, -0.15) is 0 Å². The molecule has 2 aromatic heterocycles. The minimum Gasteiger partial charge on any atom is -0.351 e. The molecule has 1 aromatic carbocycles. The van der Waals surface area contributed by atoms with Crippen LogP contribution >= 0.6 is 11.5 Å². The second kappa shape index (κ2) is 9.13. The predicted molar refractivity (Wildman–Crippen MR) is 115 cm³/mol. The van der Waals surface area contributed by atoms with Crippen LogP contribution < -0.4 is 10.2 Å². The molecule has 1 saturated carbocycles. The van der Waals surface area contributed by atoms with Gasteiger partial charge in [-0.1, -0.05) is 35.0 Å². The third-order valence-electron chi connectivity index (χ3n) is 5.34. The van der Waals surface area contributed by atoms with E-state index in [2.05, 4.69) is 19.9 Å². The van der Waals surface area contributed by atoms with Gasteiger partial charge in [0.25, 0.3) is 5.91 Å². The monoisotopic (exact) mass is 421 g/mol. The number of hydrogen-bond acceptors (Lipinski definition) is 6. The maximum absolute atomic E-state index is 13.5. The van der Waals surface area contributed by atoms with Crippen molar-refractivity contribution in [1.29, 1.82) is 0 Å². The first-order chi connectivity index (χ1) is 14.6. The van der Waals surface area contributed by atoms with E-state index in [0.29, 0.717) is 11.3 Å². The molecular formula is C22H23N5O2S. The Kier molecular flexibility index (Phi) is 6.13. The average molecular weight is 422 g/mol. The van der Waals surface area contributed by atoms with E-state index in [1.165, 1.54) is 4.90 Å². The smallest absolute Gasteiger partial charge is 0.280 e. The van der Waals surface area contributed by atoms with Crippen LogP contribution in [0.1, 0.15) is 53.3 Å². The predicted octanol–water partition coefficient (Wildman–Crippen LogP) is 3.69. The van der Waals surface area contributed by atoms with Gasteiger partial charge < -0.3 is 5.32 Å². The average Bonchev–Trinajstić information content (AvgIpc) is 3.47. The third kappa shape index (κ3) is 4.38. The second-order valence-corrected chi connectivity index (χ2v) is 8.08. The van der Waals surface area contributed by atoms with Crippen molar-refractivity contribution >= 4 is 29.0 Å². The fraction of sp³-hybridized carbons (Fsp3) is 0.318. The molecule has 4 rings (SSSR count). The van der Waals surface area contributed by atoms with Crippen LogP contribution in [-0.2, 0) is 4.79 Å². The number of benzene rings is 1. The Labute approximate surface area is 179 Å². The lowest BCUT2D eigenvalue weighted by atomic mass is 10.0. The number of carbonyl (C=O) groups is 2. The normalized spacial score (nSPS) is 15.0. The molecule has 7 nitrogen and oxygen atoms in total. The fourth-order valence-electron chi connectivity index (χ4n) is 3.78. The zero-order chi connectivity index (χ0) is 20.9. The number of aromatic nitrogens is 3. The summed E-state index contributed by atoms with van der Waals surface area (Å²) in [7, 11) is 0. The fourth-order valence-corrected chi connectivity index (χ4v) is 4.21. The van der Waals surface area contributed by atoms with Crippen LogP contribution in [0.2, 0.25) is 0 Å². The lowest BCUT2D eigenvalue weighted by molar-refractivity contribution is -0.123. The number of rotatable bonds is 6. The molecule has 2 amide bonds. The zero-order valence-electron chi connectivity index (χ0n) is 16.7.